The van der Waals surface area contributed by atoms with E-state index in [9.17, 15) is 16.8 Å². The Morgan fingerprint density at radius 2 is 1.95 bits per heavy atom. The molecule has 1 saturated heterocycles. The Morgan fingerprint density at radius 3 is 2.55 bits per heavy atom. The van der Waals surface area contributed by atoms with Gasteiger partial charge in [0.1, 0.15) is 5.37 Å². The summed E-state index contributed by atoms with van der Waals surface area (Å²) in [7, 11) is -6.87. The summed E-state index contributed by atoms with van der Waals surface area (Å²) >= 11 is 1.49. The SMILES string of the molecule is CCNCCCCS(=O)(=O)N1CCSCC1S(C)(=O)=O. The van der Waals surface area contributed by atoms with Gasteiger partial charge in [-0.1, -0.05) is 6.92 Å². The molecule has 0 amide bonds. The van der Waals surface area contributed by atoms with Gasteiger partial charge in [0.05, 0.1) is 5.75 Å². The molecular formula is C11H24N2O4S3. The predicted octanol–water partition coefficient (Wildman–Crippen LogP) is 0.125. The first-order valence-electron chi connectivity index (χ1n) is 6.76. The number of unbranched alkanes of at least 4 members (excludes halogenated alkanes) is 1. The van der Waals surface area contributed by atoms with Crippen LogP contribution in [0.3, 0.4) is 0 Å². The summed E-state index contributed by atoms with van der Waals surface area (Å²) in [5.74, 6) is 1.01. The topological polar surface area (TPSA) is 83.6 Å². The molecule has 6 nitrogen and oxygen atoms in total. The van der Waals surface area contributed by atoms with Crippen molar-refractivity contribution >= 4 is 31.6 Å². The maximum atomic E-state index is 12.3. The van der Waals surface area contributed by atoms with Crippen LogP contribution in [0.5, 0.6) is 0 Å². The molecule has 0 radical (unpaired) electrons. The minimum atomic E-state index is -3.49. The van der Waals surface area contributed by atoms with Crippen LogP contribution in [-0.4, -0.2) is 69.7 Å². The molecule has 0 aromatic heterocycles. The van der Waals surface area contributed by atoms with E-state index in [0.29, 0.717) is 17.9 Å². The van der Waals surface area contributed by atoms with Crippen LogP contribution in [0.1, 0.15) is 19.8 Å². The highest BCUT2D eigenvalue weighted by Crippen LogP contribution is 2.23. The molecule has 120 valence electrons. The minimum Gasteiger partial charge on any atom is -0.317 e. The van der Waals surface area contributed by atoms with Gasteiger partial charge in [0.25, 0.3) is 0 Å². The van der Waals surface area contributed by atoms with Crippen molar-refractivity contribution < 1.29 is 16.8 Å². The van der Waals surface area contributed by atoms with E-state index in [4.69, 9.17) is 0 Å². The summed E-state index contributed by atoms with van der Waals surface area (Å²) in [5, 5.41) is 2.24. The number of nitrogens with zero attached hydrogens (tertiary/aromatic N) is 1. The zero-order valence-electron chi connectivity index (χ0n) is 12.0. The highest BCUT2D eigenvalue weighted by Gasteiger charge is 2.38. The first-order valence-corrected chi connectivity index (χ1v) is 11.5. The molecule has 1 heterocycles. The average Bonchev–Trinajstić information content (AvgIpc) is 2.37. The van der Waals surface area contributed by atoms with Gasteiger partial charge >= 0.3 is 0 Å². The lowest BCUT2D eigenvalue weighted by atomic mass is 10.3. The van der Waals surface area contributed by atoms with Crippen molar-refractivity contribution in [2.75, 3.05) is 43.1 Å². The normalized spacial score (nSPS) is 22.0. The fraction of sp³-hybridized carbons (Fsp3) is 1.00. The number of thioether (sulfide) groups is 1. The van der Waals surface area contributed by atoms with Crippen LogP contribution in [0.4, 0.5) is 0 Å². The van der Waals surface area contributed by atoms with E-state index in [2.05, 4.69) is 5.32 Å². The third-order valence-corrected chi connectivity index (χ3v) is 7.88. The second-order valence-corrected chi connectivity index (χ2v) is 10.2. The molecular weight excluding hydrogens is 320 g/mol. The van der Waals surface area contributed by atoms with Crippen LogP contribution in [-0.2, 0) is 19.9 Å². The Labute approximate surface area is 126 Å². The fourth-order valence-corrected chi connectivity index (χ4v) is 7.41. The summed E-state index contributed by atoms with van der Waals surface area (Å²) in [6.45, 7) is 3.94. The van der Waals surface area contributed by atoms with Crippen LogP contribution in [0.15, 0.2) is 0 Å². The van der Waals surface area contributed by atoms with Gasteiger partial charge < -0.3 is 5.32 Å². The Morgan fingerprint density at radius 1 is 1.25 bits per heavy atom. The number of sulfonamides is 1. The lowest BCUT2D eigenvalue weighted by molar-refractivity contribution is 0.403. The first-order chi connectivity index (χ1) is 9.29. The third-order valence-electron chi connectivity index (χ3n) is 3.15. The van der Waals surface area contributed by atoms with Crippen molar-refractivity contribution in [1.29, 1.82) is 0 Å². The molecule has 0 spiro atoms. The van der Waals surface area contributed by atoms with E-state index >= 15 is 0 Å². The van der Waals surface area contributed by atoms with Gasteiger partial charge in [0, 0.05) is 24.3 Å². The fourth-order valence-electron chi connectivity index (χ4n) is 2.05. The van der Waals surface area contributed by atoms with E-state index in [1.54, 1.807) is 0 Å². The molecule has 1 fully saturated rings. The van der Waals surface area contributed by atoms with Crippen molar-refractivity contribution in [1.82, 2.24) is 9.62 Å². The summed E-state index contributed by atoms with van der Waals surface area (Å²) in [4.78, 5) is 0. The molecule has 0 bridgehead atoms. The summed E-state index contributed by atoms with van der Waals surface area (Å²) in [6.07, 6.45) is 2.44. The molecule has 0 aromatic carbocycles. The van der Waals surface area contributed by atoms with Crippen molar-refractivity contribution in [2.45, 2.75) is 25.1 Å². The second kappa shape index (κ2) is 7.98. The number of sulfone groups is 1. The lowest BCUT2D eigenvalue weighted by Crippen LogP contribution is -2.50. The maximum absolute atomic E-state index is 12.3. The van der Waals surface area contributed by atoms with Gasteiger partial charge in [0.2, 0.25) is 10.0 Å². The molecule has 1 unspecified atom stereocenters. The lowest BCUT2D eigenvalue weighted by Gasteiger charge is -2.33. The Hall–Kier alpha value is 0.170. The standard InChI is InChI=1S/C11H24N2O4S3/c1-3-12-6-4-5-9-20(16,17)13-7-8-18-10-11(13)19(2,14)15/h11-12H,3-10H2,1-2H3. The zero-order chi connectivity index (χ0) is 15.2. The van der Waals surface area contributed by atoms with Crippen LogP contribution in [0.25, 0.3) is 0 Å². The smallest absolute Gasteiger partial charge is 0.215 e. The van der Waals surface area contributed by atoms with Crippen LogP contribution in [0.2, 0.25) is 0 Å². The van der Waals surface area contributed by atoms with Gasteiger partial charge in [0.15, 0.2) is 9.84 Å². The zero-order valence-corrected chi connectivity index (χ0v) is 14.5. The van der Waals surface area contributed by atoms with Gasteiger partial charge in [-0.15, -0.1) is 0 Å². The van der Waals surface area contributed by atoms with Gasteiger partial charge in [-0.3, -0.25) is 0 Å². The van der Waals surface area contributed by atoms with Crippen molar-refractivity contribution in [3.63, 3.8) is 0 Å². The molecule has 1 aliphatic rings. The average molecular weight is 345 g/mol. The van der Waals surface area contributed by atoms with Gasteiger partial charge in [-0.25, -0.2) is 16.8 Å². The number of hydrogen-bond acceptors (Lipinski definition) is 6. The molecule has 9 heteroatoms. The van der Waals surface area contributed by atoms with Gasteiger partial charge in [-0.2, -0.15) is 16.1 Å². The quantitative estimate of drug-likeness (QED) is 0.630. The number of nitrogens with one attached hydrogen (secondary N) is 1. The number of hydrogen-bond donors (Lipinski definition) is 1. The largest absolute Gasteiger partial charge is 0.317 e. The molecule has 0 aromatic rings. The van der Waals surface area contributed by atoms with E-state index in [0.717, 1.165) is 25.8 Å². The van der Waals surface area contributed by atoms with Crippen molar-refractivity contribution in [3.8, 4) is 0 Å². The maximum Gasteiger partial charge on any atom is 0.215 e. The minimum absolute atomic E-state index is 0.0229. The van der Waals surface area contributed by atoms with E-state index in [-0.39, 0.29) is 12.3 Å². The van der Waals surface area contributed by atoms with Crippen molar-refractivity contribution in [2.24, 2.45) is 0 Å². The Bertz CT molecular complexity index is 490. The molecule has 0 aliphatic carbocycles. The van der Waals surface area contributed by atoms with E-state index < -0.39 is 25.2 Å². The van der Waals surface area contributed by atoms with Crippen LogP contribution >= 0.6 is 11.8 Å². The third kappa shape index (κ3) is 5.51. The second-order valence-electron chi connectivity index (χ2n) is 4.85. The first kappa shape index (κ1) is 18.2. The van der Waals surface area contributed by atoms with Gasteiger partial charge in [-0.05, 0) is 25.9 Å². The van der Waals surface area contributed by atoms with E-state index in [1.165, 1.54) is 16.1 Å². The summed E-state index contributed by atoms with van der Waals surface area (Å²) in [6, 6.07) is 0. The van der Waals surface area contributed by atoms with Crippen molar-refractivity contribution in [3.05, 3.63) is 0 Å². The summed E-state index contributed by atoms with van der Waals surface area (Å²) < 4.78 is 49.3. The van der Waals surface area contributed by atoms with Crippen LogP contribution < -0.4 is 5.32 Å². The molecule has 1 N–H and O–H groups in total. The molecule has 0 saturated carbocycles. The van der Waals surface area contributed by atoms with Crippen LogP contribution in [0, 0.1) is 0 Å². The summed E-state index contributed by atoms with van der Waals surface area (Å²) in [5.41, 5.74) is 0. The molecule has 1 rings (SSSR count). The molecule has 1 atom stereocenters. The Balaban J connectivity index is 2.64. The highest BCUT2D eigenvalue weighted by molar-refractivity contribution is 8.01. The molecule has 20 heavy (non-hydrogen) atoms. The Kier molecular flexibility index (Phi) is 7.27. The predicted molar refractivity (Wildman–Crippen MR) is 84.2 cm³/mol. The number of rotatable bonds is 8. The van der Waals surface area contributed by atoms with E-state index in [1.807, 2.05) is 6.92 Å². The highest BCUT2D eigenvalue weighted by atomic mass is 32.2. The monoisotopic (exact) mass is 344 g/mol. The molecule has 1 aliphatic heterocycles.